The maximum atomic E-state index is 11.9. The highest BCUT2D eigenvalue weighted by atomic mass is 16.5. The van der Waals surface area contributed by atoms with Crippen molar-refractivity contribution in [1.82, 2.24) is 10.2 Å². The molecule has 0 aliphatic heterocycles. The van der Waals surface area contributed by atoms with Gasteiger partial charge in [0.15, 0.2) is 6.04 Å². The largest absolute Gasteiger partial charge is 0.467 e. The first-order valence-corrected chi connectivity index (χ1v) is 6.20. The van der Waals surface area contributed by atoms with E-state index in [1.165, 1.54) is 21.3 Å². The second kappa shape index (κ2) is 7.88. The normalized spacial score (nSPS) is 11.2. The fourth-order valence-corrected chi connectivity index (χ4v) is 1.68. The molecule has 0 saturated heterocycles. The van der Waals surface area contributed by atoms with Gasteiger partial charge >= 0.3 is 12.1 Å². The van der Waals surface area contributed by atoms with Gasteiger partial charge in [-0.25, -0.2) is 9.59 Å². The van der Waals surface area contributed by atoms with E-state index in [1.807, 2.05) is 0 Å². The van der Waals surface area contributed by atoms with Crippen molar-refractivity contribution in [2.24, 2.45) is 0 Å². The highest BCUT2D eigenvalue weighted by Crippen LogP contribution is 2.14. The van der Waals surface area contributed by atoms with Gasteiger partial charge in [0.1, 0.15) is 6.54 Å². The van der Waals surface area contributed by atoms with Gasteiger partial charge in [-0.1, -0.05) is 30.3 Å². The van der Waals surface area contributed by atoms with Crippen molar-refractivity contribution in [1.29, 1.82) is 0 Å². The molecule has 0 aliphatic rings. The Kier molecular flexibility index (Phi) is 6.19. The molecular weight excluding hydrogens is 276 g/mol. The Morgan fingerprint density at radius 1 is 1.14 bits per heavy atom. The molecule has 0 aromatic heterocycles. The third-order valence-electron chi connectivity index (χ3n) is 2.74. The molecule has 0 spiro atoms. The van der Waals surface area contributed by atoms with E-state index in [0.29, 0.717) is 5.56 Å². The molecule has 7 nitrogen and oxygen atoms in total. The molecule has 0 radical (unpaired) electrons. The van der Waals surface area contributed by atoms with Crippen LogP contribution < -0.4 is 5.32 Å². The van der Waals surface area contributed by atoms with Crippen LogP contribution in [0.5, 0.6) is 0 Å². The zero-order valence-corrected chi connectivity index (χ0v) is 12.2. The second-order valence-electron chi connectivity index (χ2n) is 4.26. The lowest BCUT2D eigenvalue weighted by molar-refractivity contribution is -0.145. The van der Waals surface area contributed by atoms with Crippen LogP contribution >= 0.6 is 0 Å². The Morgan fingerprint density at radius 3 is 2.29 bits per heavy atom. The summed E-state index contributed by atoms with van der Waals surface area (Å²) >= 11 is 0. The Hall–Kier alpha value is -2.57. The van der Waals surface area contributed by atoms with Gasteiger partial charge in [0.2, 0.25) is 5.91 Å². The number of methoxy groups -OCH3 is 2. The van der Waals surface area contributed by atoms with Gasteiger partial charge in [-0.15, -0.1) is 0 Å². The molecule has 114 valence electrons. The summed E-state index contributed by atoms with van der Waals surface area (Å²) in [5.41, 5.74) is 0.596. The molecular formula is C14H18N2O5. The van der Waals surface area contributed by atoms with E-state index in [1.54, 1.807) is 30.3 Å². The molecule has 1 rings (SSSR count). The first-order chi connectivity index (χ1) is 9.99. The summed E-state index contributed by atoms with van der Waals surface area (Å²) in [6.07, 6.45) is -0.639. The Bertz CT molecular complexity index is 503. The third-order valence-corrected chi connectivity index (χ3v) is 2.74. The van der Waals surface area contributed by atoms with Crippen LogP contribution in [0.4, 0.5) is 4.79 Å². The first kappa shape index (κ1) is 16.5. The SMILES string of the molecule is COC(=O)[C@@H](NC(=O)CN(C)C(=O)OC)c1ccccc1. The molecule has 7 heteroatoms. The molecule has 21 heavy (non-hydrogen) atoms. The van der Waals surface area contributed by atoms with Crippen LogP contribution in [0.2, 0.25) is 0 Å². The predicted molar refractivity (Wildman–Crippen MR) is 74.4 cm³/mol. The summed E-state index contributed by atoms with van der Waals surface area (Å²) < 4.78 is 9.17. The van der Waals surface area contributed by atoms with E-state index in [2.05, 4.69) is 14.8 Å². The number of nitrogens with zero attached hydrogens (tertiary/aromatic N) is 1. The van der Waals surface area contributed by atoms with Gasteiger partial charge in [-0.05, 0) is 5.56 Å². The number of ether oxygens (including phenoxy) is 2. The maximum absolute atomic E-state index is 11.9. The van der Waals surface area contributed by atoms with Crippen LogP contribution in [0.25, 0.3) is 0 Å². The van der Waals surface area contributed by atoms with Crippen LogP contribution in [0.15, 0.2) is 30.3 Å². The van der Waals surface area contributed by atoms with Crippen LogP contribution in [0.3, 0.4) is 0 Å². The predicted octanol–water partition coefficient (Wildman–Crippen LogP) is 0.715. The highest BCUT2D eigenvalue weighted by molar-refractivity contribution is 5.87. The fraction of sp³-hybridized carbons (Fsp3) is 0.357. The number of rotatable bonds is 5. The van der Waals surface area contributed by atoms with Gasteiger partial charge in [0.05, 0.1) is 14.2 Å². The number of likely N-dealkylation sites (N-methyl/N-ethyl adjacent to an activating group) is 1. The van der Waals surface area contributed by atoms with Crippen LogP contribution in [0.1, 0.15) is 11.6 Å². The van der Waals surface area contributed by atoms with Crippen molar-refractivity contribution in [2.75, 3.05) is 27.8 Å². The number of benzene rings is 1. The van der Waals surface area contributed by atoms with E-state index in [9.17, 15) is 14.4 Å². The number of hydrogen-bond donors (Lipinski definition) is 1. The van der Waals surface area contributed by atoms with Gasteiger partial charge in [-0.3, -0.25) is 4.79 Å². The topological polar surface area (TPSA) is 84.9 Å². The van der Waals surface area contributed by atoms with Crippen molar-refractivity contribution in [2.45, 2.75) is 6.04 Å². The number of carbonyl (C=O) groups excluding carboxylic acids is 3. The smallest absolute Gasteiger partial charge is 0.409 e. The maximum Gasteiger partial charge on any atom is 0.409 e. The lowest BCUT2D eigenvalue weighted by Crippen LogP contribution is -2.42. The lowest BCUT2D eigenvalue weighted by Gasteiger charge is -2.19. The molecule has 1 atom stereocenters. The summed E-state index contributed by atoms with van der Waals surface area (Å²) in [7, 11) is 3.88. The molecule has 1 aromatic carbocycles. The molecule has 0 heterocycles. The Morgan fingerprint density at radius 2 is 1.76 bits per heavy atom. The number of amides is 2. The minimum atomic E-state index is -0.922. The van der Waals surface area contributed by atoms with Crippen LogP contribution in [0, 0.1) is 0 Å². The van der Waals surface area contributed by atoms with Crippen molar-refractivity contribution in [3.05, 3.63) is 35.9 Å². The molecule has 2 amide bonds. The molecule has 1 N–H and O–H groups in total. The Labute approximate surface area is 122 Å². The van der Waals surface area contributed by atoms with Crippen molar-refractivity contribution < 1.29 is 23.9 Å². The first-order valence-electron chi connectivity index (χ1n) is 6.20. The van der Waals surface area contributed by atoms with E-state index in [0.717, 1.165) is 4.90 Å². The van der Waals surface area contributed by atoms with E-state index >= 15 is 0 Å². The summed E-state index contributed by atoms with van der Waals surface area (Å²) in [6, 6.07) is 7.77. The zero-order chi connectivity index (χ0) is 15.8. The van der Waals surface area contributed by atoms with Gasteiger partial charge < -0.3 is 19.7 Å². The standard InChI is InChI=1S/C14H18N2O5/c1-16(14(19)21-3)9-11(17)15-12(13(18)20-2)10-7-5-4-6-8-10/h4-8,12H,9H2,1-3H3,(H,15,17)/t12-/m0/s1. The van der Waals surface area contributed by atoms with Crippen molar-refractivity contribution >= 4 is 18.0 Å². The summed E-state index contributed by atoms with van der Waals surface area (Å²) in [5, 5.41) is 2.53. The van der Waals surface area contributed by atoms with Gasteiger partial charge in [-0.2, -0.15) is 0 Å². The average molecular weight is 294 g/mol. The molecule has 0 unspecified atom stereocenters. The van der Waals surface area contributed by atoms with Crippen molar-refractivity contribution in [3.63, 3.8) is 0 Å². The quantitative estimate of drug-likeness (QED) is 0.809. The molecule has 0 saturated carbocycles. The van der Waals surface area contributed by atoms with Crippen molar-refractivity contribution in [3.8, 4) is 0 Å². The summed E-state index contributed by atoms with van der Waals surface area (Å²) in [4.78, 5) is 36.0. The third kappa shape index (κ3) is 4.79. The summed E-state index contributed by atoms with van der Waals surface area (Å²) in [6.45, 7) is -0.229. The summed E-state index contributed by atoms with van der Waals surface area (Å²) in [5.74, 6) is -1.09. The van der Waals surface area contributed by atoms with Gasteiger partial charge in [0, 0.05) is 7.05 Å². The van der Waals surface area contributed by atoms with E-state index in [4.69, 9.17) is 0 Å². The van der Waals surface area contributed by atoms with E-state index in [-0.39, 0.29) is 6.54 Å². The molecule has 0 fully saturated rings. The molecule has 0 aliphatic carbocycles. The lowest BCUT2D eigenvalue weighted by atomic mass is 10.1. The number of esters is 1. The minimum absolute atomic E-state index is 0.229. The second-order valence-corrected chi connectivity index (χ2v) is 4.26. The number of nitrogens with one attached hydrogen (secondary N) is 1. The Balaban J connectivity index is 2.76. The zero-order valence-electron chi connectivity index (χ0n) is 12.2. The number of carbonyl (C=O) groups is 3. The van der Waals surface area contributed by atoms with Gasteiger partial charge in [0.25, 0.3) is 0 Å². The fourth-order valence-electron chi connectivity index (χ4n) is 1.68. The van der Waals surface area contributed by atoms with Crippen LogP contribution in [-0.2, 0) is 19.1 Å². The molecule has 1 aromatic rings. The molecule has 0 bridgehead atoms. The average Bonchev–Trinajstić information content (AvgIpc) is 2.51. The number of hydrogen-bond acceptors (Lipinski definition) is 5. The monoisotopic (exact) mass is 294 g/mol. The van der Waals surface area contributed by atoms with E-state index < -0.39 is 24.0 Å². The van der Waals surface area contributed by atoms with Crippen LogP contribution in [-0.4, -0.2) is 50.7 Å². The minimum Gasteiger partial charge on any atom is -0.467 e. The highest BCUT2D eigenvalue weighted by Gasteiger charge is 2.24.